The van der Waals surface area contributed by atoms with E-state index in [9.17, 15) is 4.39 Å². The third-order valence-electron chi connectivity index (χ3n) is 3.43. The number of halogens is 1. The summed E-state index contributed by atoms with van der Waals surface area (Å²) in [6, 6.07) is 10.4. The minimum Gasteiger partial charge on any atom is -0.439 e. The predicted octanol–water partition coefficient (Wildman–Crippen LogP) is 3.73. The molecule has 0 aliphatic heterocycles. The molecule has 0 unspecified atom stereocenters. The van der Waals surface area contributed by atoms with E-state index in [2.05, 4.69) is 22.2 Å². The van der Waals surface area contributed by atoms with Crippen molar-refractivity contribution in [1.29, 1.82) is 0 Å². The fourth-order valence-corrected chi connectivity index (χ4v) is 2.18. The van der Waals surface area contributed by atoms with E-state index in [0.29, 0.717) is 23.8 Å². The molecule has 4 nitrogen and oxygen atoms in total. The van der Waals surface area contributed by atoms with Crippen molar-refractivity contribution in [2.45, 2.75) is 19.5 Å². The van der Waals surface area contributed by atoms with E-state index in [4.69, 9.17) is 4.42 Å². The molecule has 3 aromatic rings. The van der Waals surface area contributed by atoms with Crippen LogP contribution in [-0.2, 0) is 6.54 Å². The van der Waals surface area contributed by atoms with E-state index in [1.54, 1.807) is 30.7 Å². The summed E-state index contributed by atoms with van der Waals surface area (Å²) in [5.41, 5.74) is 1.83. The summed E-state index contributed by atoms with van der Waals surface area (Å²) >= 11 is 0. The van der Waals surface area contributed by atoms with Gasteiger partial charge in [0, 0.05) is 24.0 Å². The molecule has 0 radical (unpaired) electrons. The number of nitrogens with zero attached hydrogens (tertiary/aromatic N) is 2. The van der Waals surface area contributed by atoms with Gasteiger partial charge in [-0.15, -0.1) is 0 Å². The van der Waals surface area contributed by atoms with Gasteiger partial charge in [0.15, 0.2) is 5.76 Å². The van der Waals surface area contributed by atoms with Crippen LogP contribution in [0.25, 0.3) is 11.3 Å². The molecular weight excluding hydrogens is 281 g/mol. The fraction of sp³-hybridized carbons (Fsp3) is 0.176. The van der Waals surface area contributed by atoms with Crippen molar-refractivity contribution in [3.8, 4) is 11.3 Å². The van der Waals surface area contributed by atoms with E-state index in [-0.39, 0.29) is 11.9 Å². The van der Waals surface area contributed by atoms with Crippen molar-refractivity contribution in [3.63, 3.8) is 0 Å². The van der Waals surface area contributed by atoms with Crippen LogP contribution >= 0.6 is 0 Å². The highest BCUT2D eigenvalue weighted by Gasteiger charge is 2.09. The molecular formula is C17H16FN3O. The smallest absolute Gasteiger partial charge is 0.208 e. The number of hydrogen-bond acceptors (Lipinski definition) is 4. The molecule has 0 spiro atoms. The lowest BCUT2D eigenvalue weighted by atomic mass is 10.1. The van der Waals surface area contributed by atoms with Crippen LogP contribution in [-0.4, -0.2) is 9.97 Å². The Hall–Kier alpha value is -2.53. The number of pyridine rings is 1. The molecule has 3 rings (SSSR count). The molecule has 0 saturated carbocycles. The molecule has 0 aliphatic carbocycles. The van der Waals surface area contributed by atoms with Gasteiger partial charge in [-0.1, -0.05) is 12.1 Å². The highest BCUT2D eigenvalue weighted by atomic mass is 19.1. The van der Waals surface area contributed by atoms with E-state index >= 15 is 0 Å². The Balaban J connectivity index is 1.65. The number of oxazole rings is 1. The molecule has 5 heteroatoms. The van der Waals surface area contributed by atoms with E-state index in [1.807, 2.05) is 12.1 Å². The first kappa shape index (κ1) is 14.4. The second kappa shape index (κ2) is 6.49. The first-order valence-electron chi connectivity index (χ1n) is 7.06. The number of benzene rings is 1. The number of aromatic nitrogens is 2. The lowest BCUT2D eigenvalue weighted by Crippen LogP contribution is -2.18. The Morgan fingerprint density at radius 2 is 2.05 bits per heavy atom. The van der Waals surface area contributed by atoms with Crippen molar-refractivity contribution in [2.24, 2.45) is 0 Å². The summed E-state index contributed by atoms with van der Waals surface area (Å²) in [4.78, 5) is 8.22. The molecule has 0 saturated heterocycles. The predicted molar refractivity (Wildman–Crippen MR) is 81.4 cm³/mol. The molecule has 22 heavy (non-hydrogen) atoms. The van der Waals surface area contributed by atoms with Crippen molar-refractivity contribution in [2.75, 3.05) is 0 Å². The summed E-state index contributed by atoms with van der Waals surface area (Å²) in [6.07, 6.45) is 5.14. The van der Waals surface area contributed by atoms with Crippen LogP contribution in [0.1, 0.15) is 24.4 Å². The van der Waals surface area contributed by atoms with Crippen LogP contribution in [0.4, 0.5) is 4.39 Å². The lowest BCUT2D eigenvalue weighted by molar-refractivity contribution is 0.454. The molecule has 1 atom stereocenters. The van der Waals surface area contributed by atoms with Crippen LogP contribution < -0.4 is 5.32 Å². The van der Waals surface area contributed by atoms with Gasteiger partial charge in [-0.2, -0.15) is 0 Å². The summed E-state index contributed by atoms with van der Waals surface area (Å²) in [5.74, 6) is 0.841. The first-order chi connectivity index (χ1) is 10.7. The Morgan fingerprint density at radius 3 is 2.82 bits per heavy atom. The van der Waals surface area contributed by atoms with Crippen molar-refractivity contribution < 1.29 is 8.81 Å². The Labute approximate surface area is 128 Å². The van der Waals surface area contributed by atoms with Gasteiger partial charge in [0.05, 0.1) is 12.7 Å². The van der Waals surface area contributed by atoms with Crippen LogP contribution in [0.3, 0.4) is 0 Å². The normalized spacial score (nSPS) is 12.3. The lowest BCUT2D eigenvalue weighted by Gasteiger charge is -2.12. The van der Waals surface area contributed by atoms with E-state index in [1.165, 1.54) is 12.1 Å². The monoisotopic (exact) mass is 297 g/mol. The third kappa shape index (κ3) is 3.38. The Bertz CT molecular complexity index is 742. The molecule has 0 bridgehead atoms. The van der Waals surface area contributed by atoms with Crippen LogP contribution in [0.2, 0.25) is 0 Å². The molecule has 0 amide bonds. The minimum atomic E-state index is -0.292. The molecule has 0 fully saturated rings. The summed E-state index contributed by atoms with van der Waals surface area (Å²) in [6.45, 7) is 2.56. The van der Waals surface area contributed by atoms with Gasteiger partial charge < -0.3 is 9.73 Å². The first-order valence-corrected chi connectivity index (χ1v) is 7.06. The largest absolute Gasteiger partial charge is 0.439 e. The van der Waals surface area contributed by atoms with Gasteiger partial charge in [0.1, 0.15) is 5.82 Å². The molecule has 1 aromatic carbocycles. The zero-order chi connectivity index (χ0) is 15.4. The average molecular weight is 297 g/mol. The summed E-state index contributed by atoms with van der Waals surface area (Å²) in [7, 11) is 0. The number of hydrogen-bond donors (Lipinski definition) is 1. The van der Waals surface area contributed by atoms with Gasteiger partial charge in [-0.05, 0) is 36.8 Å². The highest BCUT2D eigenvalue weighted by molar-refractivity contribution is 5.56. The van der Waals surface area contributed by atoms with Crippen LogP contribution in [0.15, 0.2) is 59.4 Å². The standard InChI is InChI=1S/C17H16FN3O/c1-12(13-5-7-19-8-6-13)20-11-17-21-10-16(22-17)14-3-2-4-15(18)9-14/h2-10,12,20H,11H2,1H3/t12-/m0/s1. The molecule has 1 N–H and O–H groups in total. The van der Waals surface area contributed by atoms with Gasteiger partial charge in [0.2, 0.25) is 5.89 Å². The van der Waals surface area contributed by atoms with Crippen molar-refractivity contribution in [1.82, 2.24) is 15.3 Å². The third-order valence-corrected chi connectivity index (χ3v) is 3.43. The zero-order valence-corrected chi connectivity index (χ0v) is 12.2. The maximum absolute atomic E-state index is 13.2. The van der Waals surface area contributed by atoms with Gasteiger partial charge in [-0.25, -0.2) is 9.37 Å². The van der Waals surface area contributed by atoms with Gasteiger partial charge in [0.25, 0.3) is 0 Å². The molecule has 2 aromatic heterocycles. The zero-order valence-electron chi connectivity index (χ0n) is 12.2. The van der Waals surface area contributed by atoms with Gasteiger partial charge in [-0.3, -0.25) is 4.98 Å². The fourth-order valence-electron chi connectivity index (χ4n) is 2.18. The number of nitrogens with one attached hydrogen (secondary N) is 1. The molecule has 2 heterocycles. The average Bonchev–Trinajstić information content (AvgIpc) is 3.02. The topological polar surface area (TPSA) is 51.0 Å². The second-order valence-electron chi connectivity index (χ2n) is 5.01. The van der Waals surface area contributed by atoms with Crippen molar-refractivity contribution >= 4 is 0 Å². The number of rotatable bonds is 5. The molecule has 112 valence electrons. The van der Waals surface area contributed by atoms with Crippen LogP contribution in [0, 0.1) is 5.82 Å². The quantitative estimate of drug-likeness (QED) is 0.779. The van der Waals surface area contributed by atoms with E-state index < -0.39 is 0 Å². The minimum absolute atomic E-state index is 0.160. The SMILES string of the molecule is C[C@H](NCc1ncc(-c2cccc(F)c2)o1)c1ccncc1. The van der Waals surface area contributed by atoms with Crippen molar-refractivity contribution in [3.05, 3.63) is 72.3 Å². The Morgan fingerprint density at radius 1 is 1.23 bits per heavy atom. The second-order valence-corrected chi connectivity index (χ2v) is 5.01. The summed E-state index contributed by atoms with van der Waals surface area (Å²) in [5, 5.41) is 3.33. The van der Waals surface area contributed by atoms with Gasteiger partial charge >= 0.3 is 0 Å². The van der Waals surface area contributed by atoms with E-state index in [0.717, 1.165) is 5.56 Å². The maximum Gasteiger partial charge on any atom is 0.208 e. The van der Waals surface area contributed by atoms with Crippen LogP contribution in [0.5, 0.6) is 0 Å². The highest BCUT2D eigenvalue weighted by Crippen LogP contribution is 2.21. The Kier molecular flexibility index (Phi) is 4.25. The molecule has 0 aliphatic rings. The summed E-state index contributed by atoms with van der Waals surface area (Å²) < 4.78 is 18.9. The maximum atomic E-state index is 13.2.